The highest BCUT2D eigenvalue weighted by Gasteiger charge is 2.32. The first-order chi connectivity index (χ1) is 11.2. The Balaban J connectivity index is 2.74. The van der Waals surface area contributed by atoms with Crippen LogP contribution in [0, 0.1) is 18.3 Å². The van der Waals surface area contributed by atoms with E-state index in [-0.39, 0.29) is 39.3 Å². The van der Waals surface area contributed by atoms with Crippen LogP contribution in [0.4, 0.5) is 18.9 Å². The number of halogens is 3. The van der Waals surface area contributed by atoms with Crippen LogP contribution in [0.25, 0.3) is 5.69 Å². The van der Waals surface area contributed by atoms with E-state index in [9.17, 15) is 18.0 Å². The van der Waals surface area contributed by atoms with Crippen molar-refractivity contribution in [1.82, 2.24) is 4.57 Å². The molecule has 0 aliphatic rings. The van der Waals surface area contributed by atoms with Gasteiger partial charge in [0.2, 0.25) is 0 Å². The van der Waals surface area contributed by atoms with E-state index in [0.717, 1.165) is 11.7 Å². The molecule has 0 radical (unpaired) electrons. The molecule has 0 saturated carbocycles. The van der Waals surface area contributed by atoms with E-state index in [1.54, 1.807) is 13.0 Å². The third-order valence-corrected chi connectivity index (χ3v) is 3.94. The minimum absolute atomic E-state index is 0.0279. The Morgan fingerprint density at radius 3 is 2.62 bits per heavy atom. The standard InChI is InChI=1S/C15H12F3N3O2S/c1-8-3-4-11(24-15(16,17)18)10(5-8)21-7-9(6-19)12(20)13(21)14(22)23-2/h3-5,7H,20H2,1-2H3. The van der Waals surface area contributed by atoms with E-state index in [1.807, 2.05) is 0 Å². The Hall–Kier alpha value is -2.60. The van der Waals surface area contributed by atoms with E-state index < -0.39 is 11.5 Å². The summed E-state index contributed by atoms with van der Waals surface area (Å²) in [7, 11) is 1.12. The number of hydrogen-bond donors (Lipinski definition) is 1. The molecule has 2 N–H and O–H groups in total. The van der Waals surface area contributed by atoms with Crippen LogP contribution < -0.4 is 5.73 Å². The number of hydrogen-bond acceptors (Lipinski definition) is 5. The number of nitrogens with two attached hydrogens (primary N) is 1. The molecule has 1 heterocycles. The van der Waals surface area contributed by atoms with Crippen LogP contribution in [0.15, 0.2) is 29.3 Å². The first kappa shape index (κ1) is 17.7. The molecule has 0 amide bonds. The molecule has 9 heteroatoms. The zero-order chi connectivity index (χ0) is 18.1. The van der Waals surface area contributed by atoms with Gasteiger partial charge >= 0.3 is 11.5 Å². The van der Waals surface area contributed by atoms with Crippen LogP contribution in [0.2, 0.25) is 0 Å². The smallest absolute Gasteiger partial charge is 0.446 e. The van der Waals surface area contributed by atoms with Crippen molar-refractivity contribution >= 4 is 23.4 Å². The van der Waals surface area contributed by atoms with Gasteiger partial charge in [0.25, 0.3) is 0 Å². The number of nitrogens with zero attached hydrogens (tertiary/aromatic N) is 2. The minimum atomic E-state index is -4.51. The maximum absolute atomic E-state index is 12.8. The van der Waals surface area contributed by atoms with Gasteiger partial charge < -0.3 is 15.0 Å². The molecule has 0 fully saturated rings. The SMILES string of the molecule is COC(=O)c1c(N)c(C#N)cn1-c1cc(C)ccc1SC(F)(F)F. The summed E-state index contributed by atoms with van der Waals surface area (Å²) in [5.41, 5.74) is 1.67. The number of esters is 1. The Bertz CT molecular complexity index is 838. The number of carbonyl (C=O) groups is 1. The third-order valence-electron chi connectivity index (χ3n) is 3.14. The number of ether oxygens (including phenoxy) is 1. The summed E-state index contributed by atoms with van der Waals surface area (Å²) in [6.07, 6.45) is 1.22. The molecule has 0 saturated heterocycles. The molecule has 2 aromatic rings. The predicted octanol–water partition coefficient (Wildman–Crippen LogP) is 3.64. The second-order valence-corrected chi connectivity index (χ2v) is 5.90. The van der Waals surface area contributed by atoms with Crippen LogP contribution in [-0.4, -0.2) is 23.2 Å². The Morgan fingerprint density at radius 1 is 1.42 bits per heavy atom. The number of carbonyl (C=O) groups excluding carboxylic acids is 1. The van der Waals surface area contributed by atoms with Crippen LogP contribution in [0.1, 0.15) is 21.6 Å². The summed E-state index contributed by atoms with van der Waals surface area (Å²) in [6, 6.07) is 6.10. The van der Waals surface area contributed by atoms with Crippen LogP contribution in [0.3, 0.4) is 0 Å². The van der Waals surface area contributed by atoms with Gasteiger partial charge in [-0.2, -0.15) is 18.4 Å². The predicted molar refractivity (Wildman–Crippen MR) is 82.9 cm³/mol. The number of nitriles is 1. The lowest BCUT2D eigenvalue weighted by Gasteiger charge is -2.15. The van der Waals surface area contributed by atoms with Crippen molar-refractivity contribution in [3.8, 4) is 11.8 Å². The molecule has 1 aromatic carbocycles. The van der Waals surface area contributed by atoms with Gasteiger partial charge in [-0.1, -0.05) is 6.07 Å². The van der Waals surface area contributed by atoms with Gasteiger partial charge in [-0.05, 0) is 36.4 Å². The Morgan fingerprint density at radius 2 is 2.08 bits per heavy atom. The molecular formula is C15H12F3N3O2S. The molecular weight excluding hydrogens is 343 g/mol. The van der Waals surface area contributed by atoms with E-state index in [1.165, 1.54) is 24.4 Å². The summed E-state index contributed by atoms with van der Waals surface area (Å²) in [5, 5.41) is 9.09. The van der Waals surface area contributed by atoms with Gasteiger partial charge in [-0.15, -0.1) is 0 Å². The van der Waals surface area contributed by atoms with E-state index in [0.29, 0.717) is 5.56 Å². The molecule has 0 aliphatic heterocycles. The minimum Gasteiger partial charge on any atom is -0.464 e. The van der Waals surface area contributed by atoms with Gasteiger partial charge in [0, 0.05) is 11.1 Å². The van der Waals surface area contributed by atoms with Crippen LogP contribution >= 0.6 is 11.8 Å². The molecule has 0 bridgehead atoms. The molecule has 0 atom stereocenters. The highest BCUT2D eigenvalue weighted by atomic mass is 32.2. The van der Waals surface area contributed by atoms with Crippen LogP contribution in [-0.2, 0) is 4.74 Å². The molecule has 0 unspecified atom stereocenters. The fourth-order valence-electron chi connectivity index (χ4n) is 2.13. The second kappa shape index (κ2) is 6.49. The van der Waals surface area contributed by atoms with Crippen molar-refractivity contribution in [3.63, 3.8) is 0 Å². The van der Waals surface area contributed by atoms with Crippen LogP contribution in [0.5, 0.6) is 0 Å². The van der Waals surface area contributed by atoms with E-state index >= 15 is 0 Å². The Labute approximate surface area is 139 Å². The number of anilines is 1. The van der Waals surface area contributed by atoms with Gasteiger partial charge in [0.1, 0.15) is 6.07 Å². The monoisotopic (exact) mass is 355 g/mol. The average molecular weight is 355 g/mol. The van der Waals surface area contributed by atoms with E-state index in [2.05, 4.69) is 4.74 Å². The summed E-state index contributed by atoms with van der Waals surface area (Å²) in [5.74, 6) is -0.849. The fraction of sp³-hybridized carbons (Fsp3) is 0.200. The number of aryl methyl sites for hydroxylation is 1. The molecule has 1 aromatic heterocycles. The lowest BCUT2D eigenvalue weighted by Crippen LogP contribution is -2.12. The summed E-state index contributed by atoms with van der Waals surface area (Å²) in [4.78, 5) is 11.9. The third kappa shape index (κ3) is 3.49. The maximum Gasteiger partial charge on any atom is 0.446 e. The van der Waals surface area contributed by atoms with Gasteiger partial charge in [-0.25, -0.2) is 4.79 Å². The van der Waals surface area contributed by atoms with Gasteiger partial charge in [-0.3, -0.25) is 0 Å². The molecule has 24 heavy (non-hydrogen) atoms. The quantitative estimate of drug-likeness (QED) is 0.671. The molecule has 2 rings (SSSR count). The molecule has 5 nitrogen and oxygen atoms in total. The summed E-state index contributed by atoms with van der Waals surface area (Å²) in [6.45, 7) is 1.70. The lowest BCUT2D eigenvalue weighted by atomic mass is 10.2. The summed E-state index contributed by atoms with van der Waals surface area (Å²) >= 11 is -0.315. The molecule has 126 valence electrons. The fourth-order valence-corrected chi connectivity index (χ4v) is 2.78. The topological polar surface area (TPSA) is 81.0 Å². The van der Waals surface area contributed by atoms with Crippen molar-refractivity contribution in [2.45, 2.75) is 17.3 Å². The van der Waals surface area contributed by atoms with Gasteiger partial charge in [0.15, 0.2) is 5.69 Å². The molecule has 0 aliphatic carbocycles. The van der Waals surface area contributed by atoms with Crippen molar-refractivity contribution < 1.29 is 22.7 Å². The number of thioether (sulfide) groups is 1. The number of aromatic nitrogens is 1. The normalized spacial score (nSPS) is 11.2. The zero-order valence-corrected chi connectivity index (χ0v) is 13.5. The second-order valence-electron chi connectivity index (χ2n) is 4.80. The first-order valence-electron chi connectivity index (χ1n) is 6.54. The highest BCUT2D eigenvalue weighted by molar-refractivity contribution is 8.00. The number of methoxy groups -OCH3 is 1. The van der Waals surface area contributed by atoms with Crippen molar-refractivity contribution in [1.29, 1.82) is 5.26 Å². The summed E-state index contributed by atoms with van der Waals surface area (Å²) < 4.78 is 44.2. The highest BCUT2D eigenvalue weighted by Crippen LogP contribution is 2.41. The number of benzene rings is 1. The van der Waals surface area contributed by atoms with Crippen molar-refractivity contribution in [2.24, 2.45) is 0 Å². The average Bonchev–Trinajstić information content (AvgIpc) is 2.83. The van der Waals surface area contributed by atoms with Crippen molar-refractivity contribution in [3.05, 3.63) is 41.2 Å². The lowest BCUT2D eigenvalue weighted by molar-refractivity contribution is -0.0328. The Kier molecular flexibility index (Phi) is 4.80. The van der Waals surface area contributed by atoms with Gasteiger partial charge in [0.05, 0.1) is 24.0 Å². The zero-order valence-electron chi connectivity index (χ0n) is 12.6. The first-order valence-corrected chi connectivity index (χ1v) is 7.35. The number of rotatable bonds is 3. The number of nitrogen functional groups attached to an aromatic ring is 1. The van der Waals surface area contributed by atoms with E-state index in [4.69, 9.17) is 11.0 Å². The van der Waals surface area contributed by atoms with Crippen molar-refractivity contribution in [2.75, 3.05) is 12.8 Å². The molecule has 0 spiro atoms. The largest absolute Gasteiger partial charge is 0.464 e. The number of alkyl halides is 3. The maximum atomic E-state index is 12.8.